The molecule has 0 spiro atoms. The Morgan fingerprint density at radius 2 is 2.17 bits per heavy atom. The average Bonchev–Trinajstić information content (AvgIpc) is 2.57. The minimum atomic E-state index is -0.401. The Balaban J connectivity index is 2.53. The average molecular weight is 323 g/mol. The van der Waals surface area contributed by atoms with E-state index in [1.807, 2.05) is 6.92 Å². The largest absolute Gasteiger partial charge is 0.504 e. The lowest BCUT2D eigenvalue weighted by Gasteiger charge is -2.11. The van der Waals surface area contributed by atoms with Crippen molar-refractivity contribution < 1.29 is 14.2 Å². The van der Waals surface area contributed by atoms with Gasteiger partial charge >= 0.3 is 0 Å². The first-order valence-electron chi connectivity index (χ1n) is 7.56. The first-order chi connectivity index (χ1) is 11.6. The number of aromatic hydroxyl groups is 1. The second-order valence-corrected chi connectivity index (χ2v) is 5.13. The number of phenols is 1. The lowest BCUT2D eigenvalue weighted by molar-refractivity contribution is 0.317. The molecule has 0 aliphatic rings. The molecule has 0 heterocycles. The molecule has 2 rings (SSSR count). The summed E-state index contributed by atoms with van der Waals surface area (Å²) in [5, 5.41) is 19.6. The first-order valence-corrected chi connectivity index (χ1v) is 7.56. The van der Waals surface area contributed by atoms with Crippen LogP contribution in [-0.2, 0) is 6.42 Å². The van der Waals surface area contributed by atoms with Crippen molar-refractivity contribution in [2.24, 2.45) is 0 Å². The molecule has 0 bridgehead atoms. The number of rotatable bonds is 6. The lowest BCUT2D eigenvalue weighted by Crippen LogP contribution is -1.95. The maximum Gasteiger partial charge on any atom is 0.161 e. The van der Waals surface area contributed by atoms with E-state index in [0.717, 1.165) is 0 Å². The molecule has 2 aromatic rings. The molecule has 0 saturated heterocycles. The molecular weight excluding hydrogens is 305 g/mol. The van der Waals surface area contributed by atoms with Crippen molar-refractivity contribution in [1.82, 2.24) is 0 Å². The normalized spacial score (nSPS) is 11.0. The molecule has 4 heteroatoms. The summed E-state index contributed by atoms with van der Waals surface area (Å²) < 4.78 is 18.8. The fourth-order valence-electron chi connectivity index (χ4n) is 2.35. The van der Waals surface area contributed by atoms with Gasteiger partial charge in [0.1, 0.15) is 5.82 Å². The fraction of sp³-hybridized carbons (Fsp3) is 0.150. The minimum Gasteiger partial charge on any atom is -0.504 e. The summed E-state index contributed by atoms with van der Waals surface area (Å²) in [4.78, 5) is 0. The van der Waals surface area contributed by atoms with Crippen molar-refractivity contribution in [2.75, 3.05) is 6.61 Å². The van der Waals surface area contributed by atoms with E-state index in [4.69, 9.17) is 4.74 Å². The van der Waals surface area contributed by atoms with Gasteiger partial charge in [-0.05, 0) is 54.8 Å². The minimum absolute atomic E-state index is 0.0677. The van der Waals surface area contributed by atoms with Crippen LogP contribution in [0.4, 0.5) is 4.39 Å². The maximum absolute atomic E-state index is 13.4. The summed E-state index contributed by atoms with van der Waals surface area (Å²) in [6.07, 6.45) is 3.79. The number of ether oxygens (including phenoxy) is 1. The summed E-state index contributed by atoms with van der Waals surface area (Å²) in [7, 11) is 0. The van der Waals surface area contributed by atoms with E-state index < -0.39 is 5.82 Å². The number of nitriles is 1. The summed E-state index contributed by atoms with van der Waals surface area (Å²) in [5.74, 6) is 0.0134. The molecule has 1 N–H and O–H groups in total. The standard InChI is InChI=1S/C20H18FNO2/c1-3-6-16-9-14(11-19(20(16)23)24-4-2)10-17(13-22)15-7-5-8-18(21)12-15/h3,5,7-12,23H,1,4,6H2,2H3/b17-10-. The Morgan fingerprint density at radius 1 is 1.38 bits per heavy atom. The monoisotopic (exact) mass is 323 g/mol. The molecule has 0 aromatic heterocycles. The number of hydrogen-bond acceptors (Lipinski definition) is 3. The van der Waals surface area contributed by atoms with E-state index in [2.05, 4.69) is 12.6 Å². The quantitative estimate of drug-likeness (QED) is 0.475. The molecule has 24 heavy (non-hydrogen) atoms. The topological polar surface area (TPSA) is 53.2 Å². The van der Waals surface area contributed by atoms with Gasteiger partial charge in [0, 0.05) is 5.56 Å². The van der Waals surface area contributed by atoms with Crippen LogP contribution in [-0.4, -0.2) is 11.7 Å². The van der Waals surface area contributed by atoms with Gasteiger partial charge in [0.25, 0.3) is 0 Å². The van der Waals surface area contributed by atoms with Crippen LogP contribution in [0.15, 0.2) is 49.1 Å². The summed E-state index contributed by atoms with van der Waals surface area (Å²) >= 11 is 0. The van der Waals surface area contributed by atoms with Gasteiger partial charge in [-0.3, -0.25) is 0 Å². The molecule has 122 valence electrons. The van der Waals surface area contributed by atoms with Crippen LogP contribution in [0.25, 0.3) is 11.6 Å². The summed E-state index contributed by atoms with van der Waals surface area (Å²) in [5.41, 5.74) is 2.16. The molecule has 0 amide bonds. The number of halogens is 1. The van der Waals surface area contributed by atoms with Gasteiger partial charge in [-0.1, -0.05) is 18.2 Å². The van der Waals surface area contributed by atoms with Gasteiger partial charge in [0.2, 0.25) is 0 Å². The third-order valence-corrected chi connectivity index (χ3v) is 3.41. The number of hydrogen-bond donors (Lipinski definition) is 1. The SMILES string of the molecule is C=CCc1cc(/C=C(/C#N)c2cccc(F)c2)cc(OCC)c1O. The highest BCUT2D eigenvalue weighted by atomic mass is 19.1. The van der Waals surface area contributed by atoms with Crippen LogP contribution in [0.2, 0.25) is 0 Å². The molecule has 0 atom stereocenters. The highest BCUT2D eigenvalue weighted by Gasteiger charge is 2.11. The molecule has 2 aromatic carbocycles. The van der Waals surface area contributed by atoms with Gasteiger partial charge in [0.05, 0.1) is 18.2 Å². The maximum atomic E-state index is 13.4. The van der Waals surface area contributed by atoms with Crippen molar-refractivity contribution in [1.29, 1.82) is 5.26 Å². The Hall–Kier alpha value is -3.06. The van der Waals surface area contributed by atoms with E-state index >= 15 is 0 Å². The van der Waals surface area contributed by atoms with E-state index in [-0.39, 0.29) is 5.75 Å². The Labute approximate surface area is 140 Å². The molecule has 0 fully saturated rings. The van der Waals surface area contributed by atoms with E-state index in [9.17, 15) is 14.8 Å². The lowest BCUT2D eigenvalue weighted by atomic mass is 10.0. The van der Waals surface area contributed by atoms with Crippen molar-refractivity contribution in [2.45, 2.75) is 13.3 Å². The third kappa shape index (κ3) is 4.02. The number of benzene rings is 2. The van der Waals surface area contributed by atoms with E-state index in [0.29, 0.717) is 41.0 Å². The zero-order chi connectivity index (χ0) is 17.5. The Morgan fingerprint density at radius 3 is 2.79 bits per heavy atom. The summed E-state index contributed by atoms with van der Waals surface area (Å²) in [6, 6.07) is 11.4. The van der Waals surface area contributed by atoms with Crippen molar-refractivity contribution >= 4 is 11.6 Å². The molecular formula is C20H18FNO2. The highest BCUT2D eigenvalue weighted by Crippen LogP contribution is 2.33. The molecule has 0 aliphatic carbocycles. The van der Waals surface area contributed by atoms with Crippen molar-refractivity contribution in [3.8, 4) is 17.6 Å². The van der Waals surface area contributed by atoms with Crippen LogP contribution < -0.4 is 4.74 Å². The smallest absolute Gasteiger partial charge is 0.161 e. The second kappa shape index (κ2) is 7.98. The van der Waals surface area contributed by atoms with Crippen LogP contribution in [0.1, 0.15) is 23.6 Å². The number of allylic oxidation sites excluding steroid dienone is 2. The van der Waals surface area contributed by atoms with Crippen LogP contribution >= 0.6 is 0 Å². The zero-order valence-electron chi connectivity index (χ0n) is 13.4. The molecule has 0 radical (unpaired) electrons. The molecule has 3 nitrogen and oxygen atoms in total. The third-order valence-electron chi connectivity index (χ3n) is 3.41. The fourth-order valence-corrected chi connectivity index (χ4v) is 2.35. The highest BCUT2D eigenvalue weighted by molar-refractivity contribution is 5.90. The molecule has 0 aliphatic heterocycles. The van der Waals surface area contributed by atoms with Gasteiger partial charge in [-0.2, -0.15) is 5.26 Å². The predicted molar refractivity (Wildman–Crippen MR) is 93.1 cm³/mol. The van der Waals surface area contributed by atoms with Crippen LogP contribution in [0.5, 0.6) is 11.5 Å². The second-order valence-electron chi connectivity index (χ2n) is 5.13. The Kier molecular flexibility index (Phi) is 5.75. The van der Waals surface area contributed by atoms with E-state index in [1.165, 1.54) is 12.1 Å². The van der Waals surface area contributed by atoms with Crippen molar-refractivity contribution in [3.05, 3.63) is 71.6 Å². The van der Waals surface area contributed by atoms with Gasteiger partial charge in [-0.25, -0.2) is 4.39 Å². The zero-order valence-corrected chi connectivity index (χ0v) is 13.4. The first kappa shape index (κ1) is 17.3. The van der Waals surface area contributed by atoms with Gasteiger partial charge in [0.15, 0.2) is 11.5 Å². The van der Waals surface area contributed by atoms with Crippen molar-refractivity contribution in [3.63, 3.8) is 0 Å². The molecule has 0 saturated carbocycles. The van der Waals surface area contributed by atoms with Gasteiger partial charge < -0.3 is 9.84 Å². The molecule has 0 unspecified atom stereocenters. The van der Waals surface area contributed by atoms with Crippen LogP contribution in [0.3, 0.4) is 0 Å². The predicted octanol–water partition coefficient (Wildman–Crippen LogP) is 4.72. The van der Waals surface area contributed by atoms with E-state index in [1.54, 1.807) is 36.4 Å². The number of phenolic OH excluding ortho intramolecular Hbond substituents is 1. The Bertz CT molecular complexity index is 819. The van der Waals surface area contributed by atoms with Gasteiger partial charge in [-0.15, -0.1) is 6.58 Å². The summed E-state index contributed by atoms with van der Waals surface area (Å²) in [6.45, 7) is 5.90. The number of nitrogens with zero attached hydrogens (tertiary/aromatic N) is 1. The van der Waals surface area contributed by atoms with Crippen LogP contribution in [0, 0.1) is 17.1 Å².